The number of nitrogens with zero attached hydrogens (tertiary/aromatic N) is 6. The third-order valence-electron chi connectivity index (χ3n) is 4.84. The lowest BCUT2D eigenvalue weighted by atomic mass is 9.97. The Morgan fingerprint density at radius 3 is 2.96 bits per heavy atom. The number of aromatic nitrogens is 5. The molecule has 1 saturated heterocycles. The molecule has 1 atom stereocenters. The van der Waals surface area contributed by atoms with Gasteiger partial charge in [-0.05, 0) is 25.0 Å². The highest BCUT2D eigenvalue weighted by Gasteiger charge is 2.26. The van der Waals surface area contributed by atoms with Crippen LogP contribution in [-0.4, -0.2) is 44.6 Å². The van der Waals surface area contributed by atoms with Gasteiger partial charge in [-0.1, -0.05) is 6.07 Å². The van der Waals surface area contributed by atoms with Crippen molar-refractivity contribution >= 4 is 11.8 Å². The Balaban J connectivity index is 1.53. The summed E-state index contributed by atoms with van der Waals surface area (Å²) in [6, 6.07) is 5.93. The monoisotopic (exact) mass is 367 g/mol. The number of imidazole rings is 1. The normalized spacial score (nSPS) is 17.1. The first-order valence-electron chi connectivity index (χ1n) is 9.11. The van der Waals surface area contributed by atoms with Crippen LogP contribution in [0.5, 0.6) is 0 Å². The first-order chi connectivity index (χ1) is 13.2. The Labute approximate surface area is 157 Å². The van der Waals surface area contributed by atoms with Gasteiger partial charge in [-0.15, -0.1) is 0 Å². The van der Waals surface area contributed by atoms with Crippen molar-refractivity contribution in [2.45, 2.75) is 25.3 Å². The summed E-state index contributed by atoms with van der Waals surface area (Å²) < 4.78 is 15.8. The average molecular weight is 367 g/mol. The summed E-state index contributed by atoms with van der Waals surface area (Å²) in [5.74, 6) is 1.64. The van der Waals surface area contributed by atoms with Gasteiger partial charge in [0.15, 0.2) is 11.6 Å². The Hall–Kier alpha value is -3.03. The van der Waals surface area contributed by atoms with E-state index >= 15 is 0 Å². The molecule has 0 spiro atoms. The van der Waals surface area contributed by atoms with E-state index in [1.807, 2.05) is 30.6 Å². The Kier molecular flexibility index (Phi) is 4.95. The van der Waals surface area contributed by atoms with Gasteiger partial charge >= 0.3 is 0 Å². The SMILES string of the molecule is CNc1nc(N2CCC[C@H](c3nccn3Cc3ccccn3)C2)ncc1F. The fourth-order valence-corrected chi connectivity index (χ4v) is 3.54. The zero-order valence-electron chi connectivity index (χ0n) is 15.2. The lowest BCUT2D eigenvalue weighted by Crippen LogP contribution is -2.36. The molecule has 0 amide bonds. The number of anilines is 2. The zero-order chi connectivity index (χ0) is 18.6. The number of halogens is 1. The minimum absolute atomic E-state index is 0.221. The van der Waals surface area contributed by atoms with E-state index in [2.05, 4.69) is 34.7 Å². The molecule has 1 aliphatic heterocycles. The van der Waals surface area contributed by atoms with Gasteiger partial charge in [-0.25, -0.2) is 14.4 Å². The molecule has 7 nitrogen and oxygen atoms in total. The predicted octanol–water partition coefficient (Wildman–Crippen LogP) is 2.68. The molecule has 1 aliphatic rings. The summed E-state index contributed by atoms with van der Waals surface area (Å²) in [5.41, 5.74) is 1.00. The summed E-state index contributed by atoms with van der Waals surface area (Å²) in [6.07, 6.45) is 8.92. The molecule has 0 aromatic carbocycles. The summed E-state index contributed by atoms with van der Waals surface area (Å²) in [7, 11) is 1.66. The maximum absolute atomic E-state index is 13.7. The lowest BCUT2D eigenvalue weighted by molar-refractivity contribution is 0.470. The predicted molar refractivity (Wildman–Crippen MR) is 101 cm³/mol. The van der Waals surface area contributed by atoms with Crippen molar-refractivity contribution in [2.24, 2.45) is 0 Å². The van der Waals surface area contributed by atoms with Crippen molar-refractivity contribution in [3.63, 3.8) is 0 Å². The smallest absolute Gasteiger partial charge is 0.227 e. The van der Waals surface area contributed by atoms with Crippen LogP contribution in [0.2, 0.25) is 0 Å². The first-order valence-corrected chi connectivity index (χ1v) is 9.11. The van der Waals surface area contributed by atoms with E-state index in [0.29, 0.717) is 12.5 Å². The van der Waals surface area contributed by atoms with E-state index in [-0.39, 0.29) is 11.7 Å². The van der Waals surface area contributed by atoms with Crippen LogP contribution < -0.4 is 10.2 Å². The van der Waals surface area contributed by atoms with E-state index in [1.165, 1.54) is 6.20 Å². The molecule has 8 heteroatoms. The minimum atomic E-state index is -0.444. The summed E-state index contributed by atoms with van der Waals surface area (Å²) >= 11 is 0. The van der Waals surface area contributed by atoms with Gasteiger partial charge in [0.25, 0.3) is 0 Å². The van der Waals surface area contributed by atoms with Crippen LogP contribution in [0, 0.1) is 5.82 Å². The second kappa shape index (κ2) is 7.69. The van der Waals surface area contributed by atoms with Crippen LogP contribution >= 0.6 is 0 Å². The second-order valence-electron chi connectivity index (χ2n) is 6.64. The van der Waals surface area contributed by atoms with Gasteiger partial charge in [0.05, 0.1) is 18.4 Å². The lowest BCUT2D eigenvalue weighted by Gasteiger charge is -2.32. The fraction of sp³-hybridized carbons (Fsp3) is 0.368. The van der Waals surface area contributed by atoms with Gasteiger partial charge in [-0.2, -0.15) is 4.98 Å². The van der Waals surface area contributed by atoms with Crippen molar-refractivity contribution in [1.82, 2.24) is 24.5 Å². The first kappa shape index (κ1) is 17.4. The largest absolute Gasteiger partial charge is 0.371 e. The van der Waals surface area contributed by atoms with Crippen molar-refractivity contribution in [1.29, 1.82) is 0 Å². The highest BCUT2D eigenvalue weighted by Crippen LogP contribution is 2.28. The molecule has 0 aliphatic carbocycles. The summed E-state index contributed by atoms with van der Waals surface area (Å²) in [5, 5.41) is 2.77. The van der Waals surface area contributed by atoms with Gasteiger partial charge in [-0.3, -0.25) is 4.98 Å². The number of hydrogen-bond donors (Lipinski definition) is 1. The van der Waals surface area contributed by atoms with Gasteiger partial charge in [0, 0.05) is 44.6 Å². The van der Waals surface area contributed by atoms with Crippen LogP contribution in [-0.2, 0) is 6.54 Å². The second-order valence-corrected chi connectivity index (χ2v) is 6.64. The van der Waals surface area contributed by atoms with Crippen LogP contribution in [0.25, 0.3) is 0 Å². The van der Waals surface area contributed by atoms with Gasteiger partial charge < -0.3 is 14.8 Å². The molecule has 1 fully saturated rings. The third kappa shape index (κ3) is 3.74. The van der Waals surface area contributed by atoms with E-state index in [0.717, 1.165) is 37.4 Å². The van der Waals surface area contributed by atoms with Crippen molar-refractivity contribution in [2.75, 3.05) is 30.4 Å². The molecule has 4 rings (SSSR count). The molecule has 0 radical (unpaired) electrons. The Bertz CT molecular complexity index is 896. The van der Waals surface area contributed by atoms with E-state index < -0.39 is 5.82 Å². The van der Waals surface area contributed by atoms with E-state index in [1.54, 1.807) is 13.2 Å². The number of piperidine rings is 1. The van der Waals surface area contributed by atoms with E-state index in [4.69, 9.17) is 0 Å². The zero-order valence-corrected chi connectivity index (χ0v) is 15.2. The van der Waals surface area contributed by atoms with Crippen molar-refractivity contribution in [3.8, 4) is 0 Å². The minimum Gasteiger partial charge on any atom is -0.371 e. The summed E-state index contributed by atoms with van der Waals surface area (Å²) in [6.45, 7) is 2.31. The molecule has 3 aromatic rings. The standard InChI is InChI=1S/C19H22FN7/c1-21-17-16(20)11-24-19(25-17)27-9-4-5-14(12-27)18-23-8-10-26(18)13-15-6-2-3-7-22-15/h2-3,6-8,10-11,14H,4-5,9,12-13H2,1H3,(H,21,24,25)/t14-/m0/s1. The van der Waals surface area contributed by atoms with E-state index in [9.17, 15) is 4.39 Å². The topological polar surface area (TPSA) is 71.8 Å². The fourth-order valence-electron chi connectivity index (χ4n) is 3.54. The highest BCUT2D eigenvalue weighted by atomic mass is 19.1. The molecule has 0 bridgehead atoms. The molecule has 27 heavy (non-hydrogen) atoms. The molecule has 1 N–H and O–H groups in total. The van der Waals surface area contributed by atoms with Crippen molar-refractivity contribution in [3.05, 3.63) is 60.3 Å². The number of nitrogens with one attached hydrogen (secondary N) is 1. The average Bonchev–Trinajstić information content (AvgIpc) is 3.17. The molecule has 140 valence electrons. The van der Waals surface area contributed by atoms with Crippen LogP contribution in [0.4, 0.5) is 16.2 Å². The third-order valence-corrected chi connectivity index (χ3v) is 4.84. The molecular weight excluding hydrogens is 345 g/mol. The quantitative estimate of drug-likeness (QED) is 0.748. The van der Waals surface area contributed by atoms with Crippen molar-refractivity contribution < 1.29 is 4.39 Å². The maximum atomic E-state index is 13.7. The van der Waals surface area contributed by atoms with Crippen LogP contribution in [0.15, 0.2) is 43.0 Å². The number of pyridine rings is 1. The molecule has 0 saturated carbocycles. The molecule has 0 unspecified atom stereocenters. The van der Waals surface area contributed by atoms with Crippen LogP contribution in [0.1, 0.15) is 30.3 Å². The molecular formula is C19H22FN7. The highest BCUT2D eigenvalue weighted by molar-refractivity contribution is 5.42. The van der Waals surface area contributed by atoms with Gasteiger partial charge in [0.1, 0.15) is 5.82 Å². The number of rotatable bonds is 5. The van der Waals surface area contributed by atoms with Crippen LogP contribution in [0.3, 0.4) is 0 Å². The Morgan fingerprint density at radius 1 is 1.22 bits per heavy atom. The molecule has 4 heterocycles. The summed E-state index contributed by atoms with van der Waals surface area (Å²) in [4.78, 5) is 19.6. The Morgan fingerprint density at radius 2 is 2.15 bits per heavy atom. The maximum Gasteiger partial charge on any atom is 0.227 e. The molecule has 3 aromatic heterocycles. The van der Waals surface area contributed by atoms with Gasteiger partial charge in [0.2, 0.25) is 5.95 Å². The number of hydrogen-bond acceptors (Lipinski definition) is 6.